The van der Waals surface area contributed by atoms with Crippen molar-refractivity contribution in [1.29, 1.82) is 0 Å². The van der Waals surface area contributed by atoms with Gasteiger partial charge in [0.15, 0.2) is 0 Å². The van der Waals surface area contributed by atoms with Gasteiger partial charge in [0.2, 0.25) is 11.8 Å². The molecule has 3 rings (SSSR count). The second-order valence-corrected chi connectivity index (χ2v) is 10.0. The fourth-order valence-corrected chi connectivity index (χ4v) is 4.98. The molecule has 3 aromatic rings. The monoisotopic (exact) mass is 528 g/mol. The van der Waals surface area contributed by atoms with Crippen LogP contribution in [0.2, 0.25) is 10.0 Å². The fraction of sp³-hybridized carbons (Fsp3) is 0.286. The van der Waals surface area contributed by atoms with Crippen LogP contribution in [0.4, 0.5) is 0 Å². The summed E-state index contributed by atoms with van der Waals surface area (Å²) >= 11 is 14.4. The maximum absolute atomic E-state index is 13.6. The van der Waals surface area contributed by atoms with Crippen molar-refractivity contribution >= 4 is 46.8 Å². The number of nitrogens with zero attached hydrogens (tertiary/aromatic N) is 1. The maximum atomic E-state index is 13.6. The van der Waals surface area contributed by atoms with E-state index in [-0.39, 0.29) is 24.1 Å². The van der Waals surface area contributed by atoms with E-state index in [0.29, 0.717) is 28.6 Å². The largest absolute Gasteiger partial charge is 0.354 e. The van der Waals surface area contributed by atoms with Gasteiger partial charge < -0.3 is 10.2 Å². The molecule has 3 aromatic carbocycles. The van der Waals surface area contributed by atoms with Gasteiger partial charge >= 0.3 is 0 Å². The quantitative estimate of drug-likeness (QED) is 0.211. The Balaban J connectivity index is 1.93. The van der Waals surface area contributed by atoms with Crippen LogP contribution in [-0.2, 0) is 22.6 Å². The van der Waals surface area contributed by atoms with Crippen molar-refractivity contribution in [2.45, 2.75) is 43.7 Å². The SMILES string of the molecule is CCCCNC(=O)[C@H](Cc1ccccc1)N(Cc1c(Cl)cccc1Cl)C(=O)CSc1ccccc1. The van der Waals surface area contributed by atoms with E-state index in [2.05, 4.69) is 12.2 Å². The molecule has 0 heterocycles. The Labute approximate surface area is 222 Å². The number of carbonyl (C=O) groups is 2. The first kappa shape index (κ1) is 27.1. The molecule has 2 amide bonds. The van der Waals surface area contributed by atoms with Crippen molar-refractivity contribution in [3.8, 4) is 0 Å². The first-order valence-electron chi connectivity index (χ1n) is 11.7. The Morgan fingerprint density at radius 3 is 2.17 bits per heavy atom. The summed E-state index contributed by atoms with van der Waals surface area (Å²) in [6, 6.07) is 24.0. The molecule has 0 fully saturated rings. The molecule has 184 valence electrons. The minimum Gasteiger partial charge on any atom is -0.354 e. The van der Waals surface area contributed by atoms with Crippen LogP contribution in [0, 0.1) is 0 Å². The molecule has 4 nitrogen and oxygen atoms in total. The Morgan fingerprint density at radius 1 is 0.914 bits per heavy atom. The summed E-state index contributed by atoms with van der Waals surface area (Å²) in [6.45, 7) is 2.78. The zero-order valence-electron chi connectivity index (χ0n) is 19.8. The Hall–Kier alpha value is -2.47. The summed E-state index contributed by atoms with van der Waals surface area (Å²) < 4.78 is 0. The summed E-state index contributed by atoms with van der Waals surface area (Å²) in [5.41, 5.74) is 1.61. The number of halogens is 2. The third-order valence-electron chi connectivity index (χ3n) is 5.60. The van der Waals surface area contributed by atoms with Gasteiger partial charge in [-0.3, -0.25) is 9.59 Å². The van der Waals surface area contributed by atoms with Crippen LogP contribution in [0.3, 0.4) is 0 Å². The highest BCUT2D eigenvalue weighted by molar-refractivity contribution is 8.00. The molecule has 0 radical (unpaired) electrons. The number of unbranched alkanes of at least 4 members (excludes halogenated alkanes) is 1. The van der Waals surface area contributed by atoms with Gasteiger partial charge in [0.05, 0.1) is 5.75 Å². The third kappa shape index (κ3) is 8.31. The first-order chi connectivity index (χ1) is 17.0. The molecule has 0 saturated heterocycles. The van der Waals surface area contributed by atoms with E-state index in [4.69, 9.17) is 23.2 Å². The molecule has 0 aliphatic heterocycles. The second-order valence-electron chi connectivity index (χ2n) is 8.17. The van der Waals surface area contributed by atoms with Crippen molar-refractivity contribution in [1.82, 2.24) is 10.2 Å². The predicted octanol–water partition coefficient (Wildman–Crippen LogP) is 6.64. The lowest BCUT2D eigenvalue weighted by Crippen LogP contribution is -2.51. The van der Waals surface area contributed by atoms with E-state index in [9.17, 15) is 9.59 Å². The number of hydrogen-bond acceptors (Lipinski definition) is 3. The van der Waals surface area contributed by atoms with Crippen molar-refractivity contribution in [3.63, 3.8) is 0 Å². The normalized spacial score (nSPS) is 11.6. The Morgan fingerprint density at radius 2 is 1.54 bits per heavy atom. The second kappa shape index (κ2) is 14.2. The highest BCUT2D eigenvalue weighted by Crippen LogP contribution is 2.28. The minimum atomic E-state index is -0.703. The van der Waals surface area contributed by atoms with Crippen molar-refractivity contribution < 1.29 is 9.59 Å². The summed E-state index contributed by atoms with van der Waals surface area (Å²) in [7, 11) is 0. The topological polar surface area (TPSA) is 49.4 Å². The lowest BCUT2D eigenvalue weighted by atomic mass is 10.0. The summed E-state index contributed by atoms with van der Waals surface area (Å²) in [6.07, 6.45) is 2.23. The van der Waals surface area contributed by atoms with Gasteiger partial charge in [-0.05, 0) is 36.2 Å². The molecule has 0 aliphatic carbocycles. The van der Waals surface area contributed by atoms with Crippen LogP contribution in [0.15, 0.2) is 83.8 Å². The van der Waals surface area contributed by atoms with Gasteiger partial charge in [0.1, 0.15) is 6.04 Å². The molecule has 0 aromatic heterocycles. The Bertz CT molecular complexity index is 1080. The summed E-state index contributed by atoms with van der Waals surface area (Å²) in [5.74, 6) is -0.135. The molecule has 35 heavy (non-hydrogen) atoms. The van der Waals surface area contributed by atoms with Crippen LogP contribution in [0.25, 0.3) is 0 Å². The highest BCUT2D eigenvalue weighted by Gasteiger charge is 2.31. The molecule has 0 aliphatic rings. The molecule has 0 bridgehead atoms. The minimum absolute atomic E-state index is 0.144. The zero-order chi connectivity index (χ0) is 25.0. The van der Waals surface area contributed by atoms with Crippen LogP contribution in [-0.4, -0.2) is 35.1 Å². The molecule has 0 saturated carbocycles. The average molecular weight is 530 g/mol. The third-order valence-corrected chi connectivity index (χ3v) is 7.30. The van der Waals surface area contributed by atoms with Gasteiger partial charge in [-0.25, -0.2) is 0 Å². The highest BCUT2D eigenvalue weighted by atomic mass is 35.5. The van der Waals surface area contributed by atoms with Crippen LogP contribution >= 0.6 is 35.0 Å². The molecule has 0 spiro atoms. The molecule has 0 unspecified atom stereocenters. The number of hydrogen-bond donors (Lipinski definition) is 1. The first-order valence-corrected chi connectivity index (χ1v) is 13.5. The number of nitrogens with one attached hydrogen (secondary N) is 1. The van der Waals surface area contributed by atoms with Gasteiger partial charge in [-0.2, -0.15) is 0 Å². The van der Waals surface area contributed by atoms with Crippen molar-refractivity contribution in [2.24, 2.45) is 0 Å². The number of amides is 2. The lowest BCUT2D eigenvalue weighted by Gasteiger charge is -2.32. The van der Waals surface area contributed by atoms with Crippen molar-refractivity contribution in [3.05, 3.63) is 100 Å². The molecular formula is C28H30Cl2N2O2S. The van der Waals surface area contributed by atoms with E-state index in [0.717, 1.165) is 23.3 Å². The summed E-state index contributed by atoms with van der Waals surface area (Å²) in [5, 5.41) is 3.96. The number of benzene rings is 3. The van der Waals surface area contributed by atoms with Crippen LogP contribution in [0.5, 0.6) is 0 Å². The van der Waals surface area contributed by atoms with Gasteiger partial charge in [-0.1, -0.05) is 91.1 Å². The maximum Gasteiger partial charge on any atom is 0.243 e. The number of carbonyl (C=O) groups excluding carboxylic acids is 2. The van der Waals surface area contributed by atoms with E-state index in [1.54, 1.807) is 23.1 Å². The van der Waals surface area contributed by atoms with Crippen molar-refractivity contribution in [2.75, 3.05) is 12.3 Å². The van der Waals surface area contributed by atoms with Gasteiger partial charge in [-0.15, -0.1) is 11.8 Å². The van der Waals surface area contributed by atoms with Gasteiger partial charge in [0, 0.05) is 40.0 Å². The lowest BCUT2D eigenvalue weighted by molar-refractivity contribution is -0.139. The van der Waals surface area contributed by atoms with E-state index in [1.807, 2.05) is 60.7 Å². The van der Waals surface area contributed by atoms with E-state index < -0.39 is 6.04 Å². The molecular weight excluding hydrogens is 499 g/mol. The number of rotatable bonds is 12. The predicted molar refractivity (Wildman–Crippen MR) is 146 cm³/mol. The van der Waals surface area contributed by atoms with E-state index >= 15 is 0 Å². The van der Waals surface area contributed by atoms with E-state index in [1.165, 1.54) is 11.8 Å². The Kier molecular flexibility index (Phi) is 11.0. The zero-order valence-corrected chi connectivity index (χ0v) is 22.1. The molecule has 1 atom stereocenters. The average Bonchev–Trinajstić information content (AvgIpc) is 2.87. The molecule has 7 heteroatoms. The smallest absolute Gasteiger partial charge is 0.243 e. The van der Waals surface area contributed by atoms with Crippen LogP contribution < -0.4 is 5.32 Å². The van der Waals surface area contributed by atoms with Crippen LogP contribution in [0.1, 0.15) is 30.9 Å². The fourth-order valence-electron chi connectivity index (χ4n) is 3.66. The van der Waals surface area contributed by atoms with Gasteiger partial charge in [0.25, 0.3) is 0 Å². The standard InChI is InChI=1S/C28H30Cl2N2O2S/c1-2-3-17-31-28(34)26(18-21-11-6-4-7-12-21)32(19-23-24(29)15-10-16-25(23)30)27(33)20-35-22-13-8-5-9-14-22/h4-16,26H,2-3,17-20H2,1H3,(H,31,34)/t26-/m0/s1. The molecule has 1 N–H and O–H groups in total. The number of thioether (sulfide) groups is 1. The summed E-state index contributed by atoms with van der Waals surface area (Å²) in [4.78, 5) is 29.7.